The molecule has 0 aliphatic carbocycles. The van der Waals surface area contributed by atoms with E-state index >= 15 is 0 Å². The molecule has 1 nitrogen and oxygen atoms in total. The topological polar surface area (TPSA) is 19.9 Å². The Morgan fingerprint density at radius 2 is 1.79 bits per heavy atom. The fourth-order valence-corrected chi connectivity index (χ4v) is 2.12. The van der Waals surface area contributed by atoms with Crippen LogP contribution in [0.1, 0.15) is 5.56 Å². The standard InChI is InChI=1S/C12H10IO/c13-12(14)8-10-6-3-5-9-4-1-2-7-11(9)10/h1-7,12H,8H2. The van der Waals surface area contributed by atoms with Gasteiger partial charge in [0.05, 0.1) is 0 Å². The van der Waals surface area contributed by atoms with Crippen molar-refractivity contribution in [3.8, 4) is 0 Å². The second-order valence-corrected chi connectivity index (χ2v) is 4.64. The molecule has 0 bridgehead atoms. The normalized spacial score (nSPS) is 13.0. The summed E-state index contributed by atoms with van der Waals surface area (Å²) in [7, 11) is 0. The minimum Gasteiger partial charge on any atom is -0.221 e. The fraction of sp³-hybridized carbons (Fsp3) is 0.167. The van der Waals surface area contributed by atoms with E-state index in [0.29, 0.717) is 6.42 Å². The summed E-state index contributed by atoms with van der Waals surface area (Å²) in [6.45, 7) is 0. The van der Waals surface area contributed by atoms with E-state index in [9.17, 15) is 5.11 Å². The number of benzene rings is 2. The largest absolute Gasteiger partial charge is 0.221 e. The van der Waals surface area contributed by atoms with Gasteiger partial charge in [0, 0.05) is 6.42 Å². The highest BCUT2D eigenvalue weighted by atomic mass is 127. The summed E-state index contributed by atoms with van der Waals surface area (Å²) in [6, 6.07) is 14.3. The molecule has 0 spiro atoms. The lowest BCUT2D eigenvalue weighted by molar-refractivity contribution is 0.180. The average molecular weight is 297 g/mol. The van der Waals surface area contributed by atoms with Crippen LogP contribution in [-0.4, -0.2) is 4.11 Å². The van der Waals surface area contributed by atoms with Gasteiger partial charge in [0.1, 0.15) is 4.11 Å². The van der Waals surface area contributed by atoms with E-state index in [1.54, 1.807) is 0 Å². The molecule has 0 heterocycles. The monoisotopic (exact) mass is 297 g/mol. The average Bonchev–Trinajstić information content (AvgIpc) is 2.18. The van der Waals surface area contributed by atoms with Gasteiger partial charge >= 0.3 is 0 Å². The maximum absolute atomic E-state index is 11.1. The van der Waals surface area contributed by atoms with Crippen LogP contribution in [0.25, 0.3) is 10.8 Å². The SMILES string of the molecule is [O]C(I)Cc1cccc2ccccc12. The van der Waals surface area contributed by atoms with Crippen LogP contribution < -0.4 is 0 Å². The van der Waals surface area contributed by atoms with Crippen molar-refractivity contribution in [1.82, 2.24) is 0 Å². The highest BCUT2D eigenvalue weighted by molar-refractivity contribution is 14.1. The molecule has 71 valence electrons. The van der Waals surface area contributed by atoms with Crippen LogP contribution >= 0.6 is 22.6 Å². The Hall–Kier alpha value is -0.610. The summed E-state index contributed by atoms with van der Waals surface area (Å²) in [4.78, 5) is 0. The first-order valence-corrected chi connectivity index (χ1v) is 5.78. The molecule has 1 unspecified atom stereocenters. The van der Waals surface area contributed by atoms with Crippen molar-refractivity contribution in [2.75, 3.05) is 0 Å². The number of fused-ring (bicyclic) bond motifs is 1. The lowest BCUT2D eigenvalue weighted by Gasteiger charge is -2.05. The Morgan fingerprint density at radius 3 is 2.57 bits per heavy atom. The molecule has 2 aromatic rings. The van der Waals surface area contributed by atoms with Crippen LogP contribution in [0.15, 0.2) is 42.5 Å². The molecule has 0 fully saturated rings. The summed E-state index contributed by atoms with van der Waals surface area (Å²) < 4.78 is -0.557. The molecule has 2 rings (SSSR count). The molecule has 0 N–H and O–H groups in total. The van der Waals surface area contributed by atoms with Crippen molar-refractivity contribution in [3.63, 3.8) is 0 Å². The predicted octanol–water partition coefficient (Wildman–Crippen LogP) is 3.57. The molecule has 2 aromatic carbocycles. The minimum absolute atomic E-state index is 0.557. The van der Waals surface area contributed by atoms with Gasteiger partial charge in [0.25, 0.3) is 0 Å². The Balaban J connectivity index is 2.53. The summed E-state index contributed by atoms with van der Waals surface area (Å²) in [5.41, 5.74) is 1.15. The molecule has 2 heteroatoms. The van der Waals surface area contributed by atoms with E-state index in [4.69, 9.17) is 0 Å². The molecule has 14 heavy (non-hydrogen) atoms. The molecule has 0 saturated heterocycles. The van der Waals surface area contributed by atoms with Crippen molar-refractivity contribution < 1.29 is 5.11 Å². The Kier molecular flexibility index (Phi) is 3.03. The molecule has 0 saturated carbocycles. The fourth-order valence-electron chi connectivity index (χ4n) is 1.64. The van der Waals surface area contributed by atoms with Gasteiger partial charge in [-0.25, -0.2) is 5.11 Å². The van der Waals surface area contributed by atoms with E-state index in [0.717, 1.165) is 5.56 Å². The second-order valence-electron chi connectivity index (χ2n) is 3.25. The molecule has 1 atom stereocenters. The zero-order valence-corrected chi connectivity index (χ0v) is 9.77. The van der Waals surface area contributed by atoms with Gasteiger partial charge < -0.3 is 0 Å². The number of alkyl halides is 1. The molecular weight excluding hydrogens is 287 g/mol. The van der Waals surface area contributed by atoms with Crippen LogP contribution in [0.5, 0.6) is 0 Å². The second kappa shape index (κ2) is 4.28. The maximum Gasteiger partial charge on any atom is 0.148 e. The summed E-state index contributed by atoms with van der Waals surface area (Å²) >= 11 is 1.92. The van der Waals surface area contributed by atoms with Gasteiger partial charge in [-0.15, -0.1) is 0 Å². The molecule has 0 aromatic heterocycles. The van der Waals surface area contributed by atoms with Crippen molar-refractivity contribution >= 4 is 33.4 Å². The highest BCUT2D eigenvalue weighted by Crippen LogP contribution is 2.20. The van der Waals surface area contributed by atoms with E-state index in [-0.39, 0.29) is 0 Å². The van der Waals surface area contributed by atoms with E-state index < -0.39 is 4.11 Å². The first-order chi connectivity index (χ1) is 6.77. The minimum atomic E-state index is -0.557. The van der Waals surface area contributed by atoms with Gasteiger partial charge in [-0.05, 0) is 38.9 Å². The number of halogens is 1. The van der Waals surface area contributed by atoms with Crippen molar-refractivity contribution in [2.24, 2.45) is 0 Å². The lowest BCUT2D eigenvalue weighted by atomic mass is 10.0. The summed E-state index contributed by atoms with van der Waals surface area (Å²) in [5, 5.41) is 13.5. The van der Waals surface area contributed by atoms with E-state index in [1.807, 2.05) is 46.9 Å². The summed E-state index contributed by atoms with van der Waals surface area (Å²) in [6.07, 6.45) is 0.599. The molecule has 1 radical (unpaired) electrons. The third-order valence-corrected chi connectivity index (χ3v) is 2.70. The zero-order valence-electron chi connectivity index (χ0n) is 7.61. The number of hydrogen-bond acceptors (Lipinski definition) is 0. The number of rotatable bonds is 2. The maximum atomic E-state index is 11.1. The molecule has 0 aliphatic rings. The van der Waals surface area contributed by atoms with Crippen LogP contribution in [0.3, 0.4) is 0 Å². The third kappa shape index (κ3) is 2.07. The van der Waals surface area contributed by atoms with Crippen LogP contribution in [-0.2, 0) is 11.5 Å². The van der Waals surface area contributed by atoms with E-state index in [2.05, 4.69) is 18.2 Å². The van der Waals surface area contributed by atoms with Crippen molar-refractivity contribution in [2.45, 2.75) is 10.5 Å². The lowest BCUT2D eigenvalue weighted by Crippen LogP contribution is -1.98. The first kappa shape index (κ1) is 9.93. The Bertz CT molecular complexity index is 432. The first-order valence-electron chi connectivity index (χ1n) is 4.54. The van der Waals surface area contributed by atoms with Crippen molar-refractivity contribution in [1.29, 1.82) is 0 Å². The predicted molar refractivity (Wildman–Crippen MR) is 66.1 cm³/mol. The molecular formula is C12H10IO. The third-order valence-electron chi connectivity index (χ3n) is 2.26. The summed E-state index contributed by atoms with van der Waals surface area (Å²) in [5.74, 6) is 0. The number of hydrogen-bond donors (Lipinski definition) is 0. The van der Waals surface area contributed by atoms with Crippen LogP contribution in [0.4, 0.5) is 0 Å². The van der Waals surface area contributed by atoms with Crippen LogP contribution in [0.2, 0.25) is 0 Å². The van der Waals surface area contributed by atoms with Gasteiger partial charge in [-0.2, -0.15) is 0 Å². The Labute approximate surface area is 96.9 Å². The quantitative estimate of drug-likeness (QED) is 0.596. The van der Waals surface area contributed by atoms with Gasteiger partial charge in [0.2, 0.25) is 0 Å². The van der Waals surface area contributed by atoms with Crippen molar-refractivity contribution in [3.05, 3.63) is 48.0 Å². The zero-order chi connectivity index (χ0) is 9.97. The van der Waals surface area contributed by atoms with E-state index in [1.165, 1.54) is 10.8 Å². The van der Waals surface area contributed by atoms with Gasteiger partial charge in [-0.3, -0.25) is 0 Å². The van der Waals surface area contributed by atoms with Gasteiger partial charge in [-0.1, -0.05) is 42.5 Å². The molecule has 0 amide bonds. The van der Waals surface area contributed by atoms with Gasteiger partial charge in [0.15, 0.2) is 0 Å². The van der Waals surface area contributed by atoms with Crippen LogP contribution in [0, 0.1) is 0 Å². The molecule has 0 aliphatic heterocycles. The Morgan fingerprint density at radius 1 is 1.07 bits per heavy atom. The highest BCUT2D eigenvalue weighted by Gasteiger charge is 2.05. The smallest absolute Gasteiger partial charge is 0.148 e.